The smallest absolute Gasteiger partial charge is 0.193 e. The van der Waals surface area contributed by atoms with Crippen LogP contribution in [0.4, 0.5) is 0 Å². The lowest BCUT2D eigenvalue weighted by Gasteiger charge is -2.22. The summed E-state index contributed by atoms with van der Waals surface area (Å²) in [7, 11) is 3.91. The van der Waals surface area contributed by atoms with E-state index in [1.54, 1.807) is 0 Å². The number of aryl methyl sites for hydroxylation is 4. The van der Waals surface area contributed by atoms with Crippen molar-refractivity contribution in [3.05, 3.63) is 52.8 Å². The van der Waals surface area contributed by atoms with Gasteiger partial charge in [0.05, 0.1) is 5.69 Å². The molecule has 0 saturated heterocycles. The van der Waals surface area contributed by atoms with Gasteiger partial charge in [0.1, 0.15) is 0 Å². The Hall–Kier alpha value is -1.57. The maximum Gasteiger partial charge on any atom is 0.193 e. The van der Waals surface area contributed by atoms with E-state index in [1.807, 2.05) is 14.0 Å². The molecule has 0 aliphatic carbocycles. The molecular formula is C20H32IN5. The van der Waals surface area contributed by atoms with Gasteiger partial charge in [-0.25, -0.2) is 0 Å². The van der Waals surface area contributed by atoms with Crippen LogP contribution in [-0.2, 0) is 19.5 Å². The van der Waals surface area contributed by atoms with E-state index in [-0.39, 0.29) is 24.0 Å². The summed E-state index contributed by atoms with van der Waals surface area (Å²) >= 11 is 0. The predicted octanol–water partition coefficient (Wildman–Crippen LogP) is 3.78. The third-order valence-corrected chi connectivity index (χ3v) is 4.36. The van der Waals surface area contributed by atoms with Gasteiger partial charge in [-0.05, 0) is 43.9 Å². The third-order valence-electron chi connectivity index (χ3n) is 4.36. The molecule has 0 fully saturated rings. The Kier molecular flexibility index (Phi) is 9.69. The minimum Gasteiger partial charge on any atom is -0.356 e. The molecule has 0 atom stereocenters. The quantitative estimate of drug-likeness (QED) is 0.291. The molecule has 0 spiro atoms. The van der Waals surface area contributed by atoms with Crippen LogP contribution in [0.3, 0.4) is 0 Å². The zero-order valence-corrected chi connectivity index (χ0v) is 18.9. The highest BCUT2D eigenvalue weighted by Gasteiger charge is 2.07. The van der Waals surface area contributed by atoms with Crippen LogP contribution >= 0.6 is 24.0 Å². The summed E-state index contributed by atoms with van der Waals surface area (Å²) in [5.74, 6) is 0.924. The van der Waals surface area contributed by atoms with Crippen molar-refractivity contribution in [2.75, 3.05) is 20.6 Å². The molecule has 144 valence electrons. The molecule has 0 aliphatic heterocycles. The summed E-state index contributed by atoms with van der Waals surface area (Å²) in [6, 6.07) is 10.9. The minimum absolute atomic E-state index is 0. The largest absolute Gasteiger partial charge is 0.356 e. The van der Waals surface area contributed by atoms with Crippen molar-refractivity contribution in [1.29, 1.82) is 0 Å². The topological polar surface area (TPSA) is 45.5 Å². The molecule has 26 heavy (non-hydrogen) atoms. The van der Waals surface area contributed by atoms with Crippen molar-refractivity contribution < 1.29 is 0 Å². The first-order chi connectivity index (χ1) is 12.0. The number of halogens is 1. The molecule has 0 unspecified atom stereocenters. The van der Waals surface area contributed by atoms with Gasteiger partial charge in [0.15, 0.2) is 5.96 Å². The molecule has 1 aromatic carbocycles. The van der Waals surface area contributed by atoms with Crippen molar-refractivity contribution in [2.24, 2.45) is 4.99 Å². The molecule has 6 heteroatoms. The Morgan fingerprint density at radius 2 is 1.85 bits per heavy atom. The molecular weight excluding hydrogens is 437 g/mol. The summed E-state index contributed by atoms with van der Waals surface area (Å²) in [4.78, 5) is 6.55. The van der Waals surface area contributed by atoms with Crippen LogP contribution < -0.4 is 5.32 Å². The van der Waals surface area contributed by atoms with E-state index in [9.17, 15) is 0 Å². The first kappa shape index (κ1) is 22.5. The Labute approximate surface area is 174 Å². The summed E-state index contributed by atoms with van der Waals surface area (Å²) in [6.07, 6.45) is 2.09. The lowest BCUT2D eigenvalue weighted by atomic mass is 10.1. The van der Waals surface area contributed by atoms with Crippen LogP contribution in [-0.4, -0.2) is 41.3 Å². The Bertz CT molecular complexity index is 691. The highest BCUT2D eigenvalue weighted by molar-refractivity contribution is 14.0. The average molecular weight is 469 g/mol. The van der Waals surface area contributed by atoms with Crippen molar-refractivity contribution in [3.63, 3.8) is 0 Å². The molecule has 1 N–H and O–H groups in total. The molecule has 0 saturated carbocycles. The fourth-order valence-corrected chi connectivity index (χ4v) is 2.94. The molecule has 0 bridgehead atoms. The zero-order chi connectivity index (χ0) is 18.2. The van der Waals surface area contributed by atoms with Crippen LogP contribution in [0.1, 0.15) is 35.9 Å². The van der Waals surface area contributed by atoms with Crippen LogP contribution in [0.2, 0.25) is 0 Å². The van der Waals surface area contributed by atoms with Crippen LogP contribution in [0.15, 0.2) is 35.3 Å². The maximum atomic E-state index is 4.50. The van der Waals surface area contributed by atoms with E-state index in [0.29, 0.717) is 0 Å². The number of nitrogens with zero attached hydrogens (tertiary/aromatic N) is 4. The van der Waals surface area contributed by atoms with Gasteiger partial charge in [-0.2, -0.15) is 5.10 Å². The summed E-state index contributed by atoms with van der Waals surface area (Å²) in [5.41, 5.74) is 4.97. The molecule has 0 aliphatic rings. The molecule has 1 heterocycles. The van der Waals surface area contributed by atoms with Crippen molar-refractivity contribution >= 4 is 29.9 Å². The van der Waals surface area contributed by atoms with Gasteiger partial charge < -0.3 is 10.2 Å². The van der Waals surface area contributed by atoms with Crippen molar-refractivity contribution in [2.45, 2.75) is 46.7 Å². The normalized spacial score (nSPS) is 11.2. The predicted molar refractivity (Wildman–Crippen MR) is 120 cm³/mol. The zero-order valence-electron chi connectivity index (χ0n) is 16.6. The van der Waals surface area contributed by atoms with Crippen LogP contribution in [0.25, 0.3) is 0 Å². The third kappa shape index (κ3) is 6.63. The Morgan fingerprint density at radius 3 is 2.38 bits per heavy atom. The lowest BCUT2D eigenvalue weighted by molar-refractivity contribution is 0.470. The molecule has 5 nitrogen and oxygen atoms in total. The van der Waals surface area contributed by atoms with E-state index < -0.39 is 0 Å². The molecule has 2 aromatic rings. The number of nitrogens with one attached hydrogen (secondary N) is 1. The monoisotopic (exact) mass is 469 g/mol. The van der Waals surface area contributed by atoms with Gasteiger partial charge in [-0.3, -0.25) is 9.67 Å². The van der Waals surface area contributed by atoms with Gasteiger partial charge in [-0.1, -0.05) is 31.2 Å². The molecule has 1 aromatic heterocycles. The maximum absolute atomic E-state index is 4.50. The number of guanidine groups is 1. The second-order valence-electron chi connectivity index (χ2n) is 6.50. The Morgan fingerprint density at radius 1 is 1.19 bits per heavy atom. The average Bonchev–Trinajstić information content (AvgIpc) is 2.93. The van der Waals surface area contributed by atoms with Gasteiger partial charge in [0, 0.05) is 39.4 Å². The van der Waals surface area contributed by atoms with Gasteiger partial charge >= 0.3 is 0 Å². The number of aromatic nitrogens is 2. The summed E-state index contributed by atoms with van der Waals surface area (Å²) in [6.45, 7) is 8.96. The number of benzene rings is 1. The standard InChI is InChI=1S/C20H31N5.HI/c1-6-18-8-10-19(11-9-18)15-24(5)20(21-4)22-12-7-13-25-17(3)14-16(2)23-25;/h8-11,14H,6-7,12-13,15H2,1-5H3,(H,21,22);1H. The van der Waals surface area contributed by atoms with E-state index in [1.165, 1.54) is 16.8 Å². The van der Waals surface area contributed by atoms with Gasteiger partial charge in [-0.15, -0.1) is 24.0 Å². The highest BCUT2D eigenvalue weighted by Crippen LogP contribution is 2.07. The van der Waals surface area contributed by atoms with E-state index in [0.717, 1.165) is 44.1 Å². The number of hydrogen-bond donors (Lipinski definition) is 1. The number of aliphatic imine (C=N–C) groups is 1. The molecule has 2 rings (SSSR count). The molecule has 0 radical (unpaired) electrons. The minimum atomic E-state index is 0. The first-order valence-electron chi connectivity index (χ1n) is 9.04. The molecule has 0 amide bonds. The second-order valence-corrected chi connectivity index (χ2v) is 6.50. The van der Waals surface area contributed by atoms with Crippen LogP contribution in [0.5, 0.6) is 0 Å². The van der Waals surface area contributed by atoms with Crippen LogP contribution in [0, 0.1) is 13.8 Å². The number of rotatable bonds is 7. The number of hydrogen-bond acceptors (Lipinski definition) is 2. The second kappa shape index (κ2) is 11.2. The fourth-order valence-electron chi connectivity index (χ4n) is 2.94. The van der Waals surface area contributed by atoms with E-state index in [2.05, 4.69) is 76.2 Å². The van der Waals surface area contributed by atoms with Gasteiger partial charge in [0.2, 0.25) is 0 Å². The Balaban J connectivity index is 0.00000338. The highest BCUT2D eigenvalue weighted by atomic mass is 127. The SMILES string of the molecule is CCc1ccc(CN(C)C(=NC)NCCCn2nc(C)cc2C)cc1.I. The lowest BCUT2D eigenvalue weighted by Crippen LogP contribution is -2.39. The van der Waals surface area contributed by atoms with Crippen molar-refractivity contribution in [3.8, 4) is 0 Å². The van der Waals surface area contributed by atoms with Crippen molar-refractivity contribution in [1.82, 2.24) is 20.0 Å². The van der Waals surface area contributed by atoms with Gasteiger partial charge in [0.25, 0.3) is 0 Å². The van der Waals surface area contributed by atoms with E-state index in [4.69, 9.17) is 0 Å². The summed E-state index contributed by atoms with van der Waals surface area (Å²) < 4.78 is 2.07. The fraction of sp³-hybridized carbons (Fsp3) is 0.500. The van der Waals surface area contributed by atoms with E-state index >= 15 is 0 Å². The first-order valence-corrected chi connectivity index (χ1v) is 9.04. The summed E-state index contributed by atoms with van der Waals surface area (Å²) in [5, 5.41) is 7.94.